The molecule has 1 N–H and O–H groups in total. The minimum Gasteiger partial charge on any atom is -0.454 e. The summed E-state index contributed by atoms with van der Waals surface area (Å²) in [5.74, 6) is 1.47. The summed E-state index contributed by atoms with van der Waals surface area (Å²) in [7, 11) is 0. The molecule has 0 fully saturated rings. The van der Waals surface area contributed by atoms with Gasteiger partial charge in [-0.1, -0.05) is 12.1 Å². The summed E-state index contributed by atoms with van der Waals surface area (Å²) in [5, 5.41) is 2.93. The molecule has 2 aliphatic heterocycles. The van der Waals surface area contributed by atoms with Gasteiger partial charge in [0, 0.05) is 19.3 Å². The first-order chi connectivity index (χ1) is 10.8. The summed E-state index contributed by atoms with van der Waals surface area (Å²) in [5.41, 5.74) is 3.06. The Balaban J connectivity index is 1.37. The van der Waals surface area contributed by atoms with Crippen molar-refractivity contribution in [2.45, 2.75) is 19.6 Å². The Hall–Kier alpha value is -2.76. The SMILES string of the molecule is O=C(NCc1ccc2c(c1)OCO2)N1Cc2cccnc2C1. The molecule has 0 saturated carbocycles. The van der Waals surface area contributed by atoms with Crippen LogP contribution in [0.3, 0.4) is 0 Å². The lowest BCUT2D eigenvalue weighted by Crippen LogP contribution is -2.36. The molecule has 0 aliphatic carbocycles. The second kappa shape index (κ2) is 5.22. The van der Waals surface area contributed by atoms with Gasteiger partial charge in [0.2, 0.25) is 6.79 Å². The van der Waals surface area contributed by atoms with Crippen molar-refractivity contribution in [2.75, 3.05) is 6.79 Å². The number of benzene rings is 1. The third-order valence-corrected chi connectivity index (χ3v) is 3.85. The molecule has 2 aliphatic rings. The van der Waals surface area contributed by atoms with E-state index in [4.69, 9.17) is 9.47 Å². The van der Waals surface area contributed by atoms with E-state index in [0.717, 1.165) is 28.3 Å². The van der Waals surface area contributed by atoms with E-state index < -0.39 is 0 Å². The first-order valence-corrected chi connectivity index (χ1v) is 7.14. The average Bonchev–Trinajstić information content (AvgIpc) is 3.18. The van der Waals surface area contributed by atoms with E-state index in [1.165, 1.54) is 0 Å². The van der Waals surface area contributed by atoms with Crippen LogP contribution in [0.4, 0.5) is 4.79 Å². The van der Waals surface area contributed by atoms with Gasteiger partial charge in [0.1, 0.15) is 0 Å². The maximum Gasteiger partial charge on any atom is 0.318 e. The van der Waals surface area contributed by atoms with Crippen molar-refractivity contribution in [1.82, 2.24) is 15.2 Å². The first kappa shape index (κ1) is 12.9. The smallest absolute Gasteiger partial charge is 0.318 e. The normalized spacial score (nSPS) is 14.8. The highest BCUT2D eigenvalue weighted by atomic mass is 16.7. The first-order valence-electron chi connectivity index (χ1n) is 7.14. The van der Waals surface area contributed by atoms with Crippen molar-refractivity contribution in [2.24, 2.45) is 0 Å². The van der Waals surface area contributed by atoms with Gasteiger partial charge < -0.3 is 19.7 Å². The predicted octanol–water partition coefficient (Wildman–Crippen LogP) is 2.04. The number of pyridine rings is 1. The molecule has 1 aromatic carbocycles. The van der Waals surface area contributed by atoms with Gasteiger partial charge >= 0.3 is 6.03 Å². The minimum absolute atomic E-state index is 0.0873. The highest BCUT2D eigenvalue weighted by Crippen LogP contribution is 2.32. The molecule has 0 radical (unpaired) electrons. The van der Waals surface area contributed by atoms with Crippen LogP contribution in [0.1, 0.15) is 16.8 Å². The fraction of sp³-hybridized carbons (Fsp3) is 0.250. The number of ether oxygens (including phenoxy) is 2. The third-order valence-electron chi connectivity index (χ3n) is 3.85. The van der Waals surface area contributed by atoms with Crippen LogP contribution in [0.15, 0.2) is 36.5 Å². The van der Waals surface area contributed by atoms with Crippen LogP contribution in [0.2, 0.25) is 0 Å². The highest BCUT2D eigenvalue weighted by molar-refractivity contribution is 5.75. The van der Waals surface area contributed by atoms with Crippen molar-refractivity contribution < 1.29 is 14.3 Å². The zero-order valence-corrected chi connectivity index (χ0v) is 11.9. The number of nitrogens with one attached hydrogen (secondary N) is 1. The van der Waals surface area contributed by atoms with Gasteiger partial charge in [0.15, 0.2) is 11.5 Å². The van der Waals surface area contributed by atoms with E-state index in [1.54, 1.807) is 11.1 Å². The summed E-state index contributed by atoms with van der Waals surface area (Å²) in [6, 6.07) is 9.49. The molecule has 6 heteroatoms. The number of aromatic nitrogens is 1. The zero-order chi connectivity index (χ0) is 14.9. The van der Waals surface area contributed by atoms with Crippen LogP contribution >= 0.6 is 0 Å². The molecule has 0 saturated heterocycles. The van der Waals surface area contributed by atoms with Crippen molar-refractivity contribution in [1.29, 1.82) is 0 Å². The number of nitrogens with zero attached hydrogens (tertiary/aromatic N) is 2. The summed E-state index contributed by atoms with van der Waals surface area (Å²) in [6.45, 7) is 1.87. The summed E-state index contributed by atoms with van der Waals surface area (Å²) < 4.78 is 10.6. The maximum atomic E-state index is 12.3. The molecular formula is C16H15N3O3. The highest BCUT2D eigenvalue weighted by Gasteiger charge is 2.23. The van der Waals surface area contributed by atoms with Gasteiger partial charge in [-0.15, -0.1) is 0 Å². The maximum absolute atomic E-state index is 12.3. The molecule has 4 rings (SSSR count). The van der Waals surface area contributed by atoms with Crippen molar-refractivity contribution in [3.8, 4) is 11.5 Å². The Kier molecular flexibility index (Phi) is 3.07. The number of fused-ring (bicyclic) bond motifs is 2. The lowest BCUT2D eigenvalue weighted by molar-refractivity contribution is 0.174. The Labute approximate surface area is 127 Å². The molecule has 0 spiro atoms. The summed E-state index contributed by atoms with van der Waals surface area (Å²) in [6.07, 6.45) is 1.76. The number of hydrogen-bond acceptors (Lipinski definition) is 4. The molecule has 22 heavy (non-hydrogen) atoms. The predicted molar refractivity (Wildman–Crippen MR) is 78.3 cm³/mol. The monoisotopic (exact) mass is 297 g/mol. The Morgan fingerprint density at radius 2 is 2.14 bits per heavy atom. The van der Waals surface area contributed by atoms with Crippen LogP contribution in [0.25, 0.3) is 0 Å². The largest absolute Gasteiger partial charge is 0.454 e. The topological polar surface area (TPSA) is 63.7 Å². The Morgan fingerprint density at radius 1 is 1.23 bits per heavy atom. The minimum atomic E-state index is -0.0873. The van der Waals surface area contributed by atoms with E-state index in [0.29, 0.717) is 19.6 Å². The Bertz CT molecular complexity index is 707. The summed E-state index contributed by atoms with van der Waals surface area (Å²) in [4.78, 5) is 18.3. The molecule has 1 aromatic heterocycles. The number of amides is 2. The third kappa shape index (κ3) is 2.32. The Morgan fingerprint density at radius 3 is 3.05 bits per heavy atom. The number of urea groups is 1. The van der Waals surface area contributed by atoms with Gasteiger partial charge in [-0.05, 0) is 29.3 Å². The van der Waals surface area contributed by atoms with E-state index in [9.17, 15) is 4.79 Å². The second-order valence-electron chi connectivity index (χ2n) is 5.31. The van der Waals surface area contributed by atoms with Crippen LogP contribution in [0.5, 0.6) is 11.5 Å². The number of carbonyl (C=O) groups is 1. The van der Waals surface area contributed by atoms with Crippen LogP contribution < -0.4 is 14.8 Å². The van der Waals surface area contributed by atoms with Gasteiger partial charge in [-0.3, -0.25) is 4.98 Å². The van der Waals surface area contributed by atoms with E-state index >= 15 is 0 Å². The van der Waals surface area contributed by atoms with E-state index in [1.807, 2.05) is 30.3 Å². The molecular weight excluding hydrogens is 282 g/mol. The van der Waals surface area contributed by atoms with Crippen molar-refractivity contribution >= 4 is 6.03 Å². The molecule has 2 amide bonds. The average molecular weight is 297 g/mol. The molecule has 2 aromatic rings. The van der Waals surface area contributed by atoms with Gasteiger partial charge in [0.25, 0.3) is 0 Å². The molecule has 0 unspecified atom stereocenters. The number of rotatable bonds is 2. The molecule has 6 nitrogen and oxygen atoms in total. The van der Waals surface area contributed by atoms with Crippen molar-refractivity contribution in [3.05, 3.63) is 53.3 Å². The van der Waals surface area contributed by atoms with Crippen LogP contribution in [0, 0.1) is 0 Å². The lowest BCUT2D eigenvalue weighted by atomic mass is 10.2. The molecule has 112 valence electrons. The van der Waals surface area contributed by atoms with Gasteiger partial charge in [0.05, 0.1) is 12.2 Å². The molecule has 0 atom stereocenters. The fourth-order valence-corrected chi connectivity index (χ4v) is 2.68. The number of hydrogen-bond donors (Lipinski definition) is 1. The fourth-order valence-electron chi connectivity index (χ4n) is 2.68. The quantitative estimate of drug-likeness (QED) is 0.921. The van der Waals surface area contributed by atoms with Gasteiger partial charge in [-0.2, -0.15) is 0 Å². The molecule has 3 heterocycles. The van der Waals surface area contributed by atoms with Crippen molar-refractivity contribution in [3.63, 3.8) is 0 Å². The van der Waals surface area contributed by atoms with Crippen LogP contribution in [-0.2, 0) is 19.6 Å². The van der Waals surface area contributed by atoms with E-state index in [-0.39, 0.29) is 12.8 Å². The molecule has 0 bridgehead atoms. The lowest BCUT2D eigenvalue weighted by Gasteiger charge is -2.16. The summed E-state index contributed by atoms with van der Waals surface area (Å²) >= 11 is 0. The van der Waals surface area contributed by atoms with E-state index in [2.05, 4.69) is 10.3 Å². The zero-order valence-electron chi connectivity index (χ0n) is 11.9. The second-order valence-corrected chi connectivity index (χ2v) is 5.31. The van der Waals surface area contributed by atoms with Gasteiger partial charge in [-0.25, -0.2) is 4.79 Å². The number of carbonyl (C=O) groups excluding carboxylic acids is 1. The standard InChI is InChI=1S/C16H15N3O3/c20-16(19-8-12-2-1-5-17-13(12)9-19)18-7-11-3-4-14-15(6-11)22-10-21-14/h1-6H,7-10H2,(H,18,20). The van der Waals surface area contributed by atoms with Crippen LogP contribution in [-0.4, -0.2) is 22.7 Å².